The van der Waals surface area contributed by atoms with Gasteiger partial charge in [-0.15, -0.1) is 0 Å². The minimum absolute atomic E-state index is 0.0469. The van der Waals surface area contributed by atoms with Gasteiger partial charge in [-0.3, -0.25) is 4.79 Å². The Morgan fingerprint density at radius 2 is 1.69 bits per heavy atom. The highest BCUT2D eigenvalue weighted by molar-refractivity contribution is 7.89. The maximum Gasteiger partial charge on any atom is 0.246 e. The summed E-state index contributed by atoms with van der Waals surface area (Å²) >= 11 is 0. The third-order valence-electron chi connectivity index (χ3n) is 6.48. The number of hydrogen-bond acceptors (Lipinski definition) is 6. The fraction of sp³-hybridized carbons (Fsp3) is 0.423. The predicted molar refractivity (Wildman–Crippen MR) is 133 cm³/mol. The normalized spacial score (nSPS) is 15.7. The molecule has 0 unspecified atom stereocenters. The smallest absolute Gasteiger partial charge is 0.246 e. The zero-order valence-electron chi connectivity index (χ0n) is 20.9. The topological polar surface area (TPSA) is 96.6 Å². The average molecular weight is 515 g/mol. The molecule has 0 aliphatic carbocycles. The van der Waals surface area contributed by atoms with Crippen LogP contribution < -0.4 is 0 Å². The molecule has 0 spiro atoms. The van der Waals surface area contributed by atoms with Crippen molar-refractivity contribution < 1.29 is 22.1 Å². The summed E-state index contributed by atoms with van der Waals surface area (Å²) in [6, 6.07) is 12.8. The van der Waals surface area contributed by atoms with Crippen molar-refractivity contribution in [3.8, 4) is 11.4 Å². The zero-order chi connectivity index (χ0) is 26.1. The molecule has 1 aromatic heterocycles. The number of carbonyl (C=O) groups excluding carboxylic acids is 1. The van der Waals surface area contributed by atoms with Crippen molar-refractivity contribution in [2.24, 2.45) is 5.92 Å². The van der Waals surface area contributed by atoms with Crippen molar-refractivity contribution in [1.82, 2.24) is 19.3 Å². The average Bonchev–Trinajstić information content (AvgIpc) is 3.32. The van der Waals surface area contributed by atoms with E-state index in [0.29, 0.717) is 24.6 Å². The van der Waals surface area contributed by atoms with Crippen LogP contribution in [0.4, 0.5) is 4.39 Å². The van der Waals surface area contributed by atoms with E-state index in [1.807, 2.05) is 24.3 Å². The monoisotopic (exact) mass is 514 g/mol. The Balaban J connectivity index is 1.33. The third kappa shape index (κ3) is 5.65. The maximum atomic E-state index is 13.2. The minimum Gasteiger partial charge on any atom is -0.337 e. The van der Waals surface area contributed by atoms with Crippen LogP contribution in [-0.4, -0.2) is 53.8 Å². The first-order chi connectivity index (χ1) is 16.9. The molecule has 8 nitrogen and oxygen atoms in total. The first-order valence-electron chi connectivity index (χ1n) is 11.9. The van der Waals surface area contributed by atoms with Crippen LogP contribution >= 0.6 is 0 Å². The molecule has 1 amide bonds. The molecule has 1 saturated heterocycles. The van der Waals surface area contributed by atoms with Gasteiger partial charge in [0.25, 0.3) is 0 Å². The molecular formula is C26H31FN4O4S. The number of halogens is 1. The Morgan fingerprint density at radius 1 is 1.08 bits per heavy atom. The number of aromatic nitrogens is 2. The molecule has 10 heteroatoms. The van der Waals surface area contributed by atoms with Gasteiger partial charge in [0.15, 0.2) is 0 Å². The first-order valence-corrected chi connectivity index (χ1v) is 13.3. The molecule has 0 atom stereocenters. The van der Waals surface area contributed by atoms with E-state index in [1.54, 1.807) is 7.05 Å². The number of amides is 1. The van der Waals surface area contributed by atoms with Crippen molar-refractivity contribution in [1.29, 1.82) is 0 Å². The van der Waals surface area contributed by atoms with Gasteiger partial charge in [0.05, 0.1) is 11.4 Å². The van der Waals surface area contributed by atoms with Crippen molar-refractivity contribution >= 4 is 15.9 Å². The summed E-state index contributed by atoms with van der Waals surface area (Å²) in [7, 11) is -2.05. The molecule has 1 fully saturated rings. The SMILES string of the molecule is CN(Cc1nc(-c2ccc(C(C)(C)C)cc2)no1)C(=O)C1CCN(S(=O)(=O)c2ccc(F)cc2)CC1. The lowest BCUT2D eigenvalue weighted by Gasteiger charge is -2.32. The van der Waals surface area contributed by atoms with E-state index in [0.717, 1.165) is 17.7 Å². The van der Waals surface area contributed by atoms with Crippen molar-refractivity contribution in [3.05, 3.63) is 65.8 Å². The van der Waals surface area contributed by atoms with E-state index in [4.69, 9.17) is 4.52 Å². The van der Waals surface area contributed by atoms with Crippen LogP contribution in [0.5, 0.6) is 0 Å². The standard InChI is InChI=1S/C26H31FN4O4S/c1-26(2,3)20-7-5-18(6-8-20)24-28-23(35-29-24)17-30(4)25(32)19-13-15-31(16-14-19)36(33,34)22-11-9-21(27)10-12-22/h5-12,19H,13-17H2,1-4H3. The molecule has 0 bridgehead atoms. The van der Waals surface area contributed by atoms with E-state index in [1.165, 1.54) is 26.9 Å². The predicted octanol–water partition coefficient (Wildman–Crippen LogP) is 4.23. The molecule has 4 rings (SSSR count). The van der Waals surface area contributed by atoms with E-state index in [-0.39, 0.29) is 41.8 Å². The van der Waals surface area contributed by atoms with Crippen LogP contribution in [0.15, 0.2) is 57.9 Å². The molecule has 2 heterocycles. The molecule has 1 aliphatic heterocycles. The number of carbonyl (C=O) groups is 1. The number of nitrogens with zero attached hydrogens (tertiary/aromatic N) is 4. The highest BCUT2D eigenvalue weighted by Gasteiger charge is 2.33. The van der Waals surface area contributed by atoms with Gasteiger partial charge in [0.2, 0.25) is 27.6 Å². The van der Waals surface area contributed by atoms with E-state index in [9.17, 15) is 17.6 Å². The van der Waals surface area contributed by atoms with Crippen LogP contribution in [0.2, 0.25) is 0 Å². The van der Waals surface area contributed by atoms with E-state index >= 15 is 0 Å². The highest BCUT2D eigenvalue weighted by atomic mass is 32.2. The summed E-state index contributed by atoms with van der Waals surface area (Å²) < 4.78 is 45.5. The Kier molecular flexibility index (Phi) is 7.28. The molecule has 2 aromatic carbocycles. The molecule has 0 radical (unpaired) electrons. The van der Waals surface area contributed by atoms with Gasteiger partial charge < -0.3 is 9.42 Å². The van der Waals surface area contributed by atoms with Gasteiger partial charge in [0, 0.05) is 31.6 Å². The van der Waals surface area contributed by atoms with Crippen LogP contribution in [0.25, 0.3) is 11.4 Å². The largest absolute Gasteiger partial charge is 0.337 e. The lowest BCUT2D eigenvalue weighted by atomic mass is 9.87. The van der Waals surface area contributed by atoms with Crippen molar-refractivity contribution in [3.63, 3.8) is 0 Å². The van der Waals surface area contributed by atoms with Crippen LogP contribution in [0.1, 0.15) is 45.1 Å². The second-order valence-corrected chi connectivity index (χ2v) is 12.1. The number of sulfonamides is 1. The molecule has 0 saturated carbocycles. The Labute approximate surface area is 211 Å². The zero-order valence-corrected chi connectivity index (χ0v) is 21.8. The highest BCUT2D eigenvalue weighted by Crippen LogP contribution is 2.27. The van der Waals surface area contributed by atoms with Gasteiger partial charge in [-0.25, -0.2) is 12.8 Å². The number of benzene rings is 2. The van der Waals surface area contributed by atoms with E-state index in [2.05, 4.69) is 30.9 Å². The quantitative estimate of drug-likeness (QED) is 0.488. The van der Waals surface area contributed by atoms with Gasteiger partial charge in [-0.1, -0.05) is 50.2 Å². The second-order valence-electron chi connectivity index (χ2n) is 10.2. The lowest BCUT2D eigenvalue weighted by Crippen LogP contribution is -2.43. The number of hydrogen-bond donors (Lipinski definition) is 0. The van der Waals surface area contributed by atoms with Crippen molar-refractivity contribution in [2.45, 2.75) is 50.5 Å². The van der Waals surface area contributed by atoms with Crippen LogP contribution in [-0.2, 0) is 26.8 Å². The minimum atomic E-state index is -3.72. The second kappa shape index (κ2) is 10.1. The molecular weight excluding hydrogens is 483 g/mol. The third-order valence-corrected chi connectivity index (χ3v) is 8.39. The summed E-state index contributed by atoms with van der Waals surface area (Å²) in [5.74, 6) is -0.0964. The van der Waals surface area contributed by atoms with Gasteiger partial charge in [-0.2, -0.15) is 9.29 Å². The fourth-order valence-electron chi connectivity index (χ4n) is 4.25. The van der Waals surface area contributed by atoms with Gasteiger partial charge in [0.1, 0.15) is 5.82 Å². The molecule has 36 heavy (non-hydrogen) atoms. The summed E-state index contributed by atoms with van der Waals surface area (Å²) in [6.07, 6.45) is 0.803. The van der Waals surface area contributed by atoms with Gasteiger partial charge in [-0.05, 0) is 48.1 Å². The lowest BCUT2D eigenvalue weighted by molar-refractivity contribution is -0.136. The van der Waals surface area contributed by atoms with Crippen molar-refractivity contribution in [2.75, 3.05) is 20.1 Å². The fourth-order valence-corrected chi connectivity index (χ4v) is 5.72. The van der Waals surface area contributed by atoms with Crippen LogP contribution in [0.3, 0.4) is 0 Å². The molecule has 1 aliphatic rings. The molecule has 3 aromatic rings. The summed E-state index contributed by atoms with van der Waals surface area (Å²) in [6.45, 7) is 7.05. The first kappa shape index (κ1) is 26.0. The molecule has 0 N–H and O–H groups in total. The Hall–Kier alpha value is -3.11. The maximum absolute atomic E-state index is 13.2. The summed E-state index contributed by atoms with van der Waals surface area (Å²) in [5.41, 5.74) is 2.09. The van der Waals surface area contributed by atoms with Crippen LogP contribution in [0, 0.1) is 11.7 Å². The van der Waals surface area contributed by atoms with Gasteiger partial charge >= 0.3 is 0 Å². The molecule has 192 valence electrons. The Bertz CT molecular complexity index is 1310. The summed E-state index contributed by atoms with van der Waals surface area (Å²) in [4.78, 5) is 19.0. The summed E-state index contributed by atoms with van der Waals surface area (Å²) in [5, 5.41) is 4.05. The number of piperidine rings is 1. The number of rotatable bonds is 6. The van der Waals surface area contributed by atoms with E-state index < -0.39 is 15.8 Å². The Morgan fingerprint density at radius 3 is 2.28 bits per heavy atom.